The van der Waals surface area contributed by atoms with Gasteiger partial charge < -0.3 is 11.1 Å². The van der Waals surface area contributed by atoms with E-state index in [0.717, 1.165) is 24.8 Å². The third-order valence-electron chi connectivity index (χ3n) is 3.51. The molecule has 0 saturated heterocycles. The number of aryl methyl sites for hydroxylation is 1. The van der Waals surface area contributed by atoms with Gasteiger partial charge in [0.25, 0.3) is 5.91 Å². The number of hydrogen-bond acceptors (Lipinski definition) is 3. The van der Waals surface area contributed by atoms with E-state index < -0.39 is 5.91 Å². The van der Waals surface area contributed by atoms with Crippen LogP contribution in [0, 0.1) is 11.8 Å². The quantitative estimate of drug-likeness (QED) is 0.893. The normalized spacial score (nSPS) is 18.2. The maximum atomic E-state index is 11.8. The van der Waals surface area contributed by atoms with Gasteiger partial charge in [-0.25, -0.2) is 0 Å². The Morgan fingerprint density at radius 1 is 1.42 bits per heavy atom. The zero-order valence-corrected chi connectivity index (χ0v) is 12.4. The summed E-state index contributed by atoms with van der Waals surface area (Å²) in [4.78, 5) is 24.7. The highest BCUT2D eigenvalue weighted by Gasteiger charge is 2.27. The molecule has 1 aromatic heterocycles. The molecule has 0 saturated carbocycles. The molecule has 1 aliphatic carbocycles. The molecule has 0 spiro atoms. The van der Waals surface area contributed by atoms with E-state index in [1.54, 1.807) is 0 Å². The van der Waals surface area contributed by atoms with E-state index in [9.17, 15) is 9.59 Å². The summed E-state index contributed by atoms with van der Waals surface area (Å²) < 4.78 is 0. The molecule has 0 fully saturated rings. The van der Waals surface area contributed by atoms with Gasteiger partial charge in [-0.15, -0.1) is 11.3 Å². The molecule has 4 nitrogen and oxygen atoms in total. The number of fused-ring (bicyclic) bond motifs is 1. The maximum absolute atomic E-state index is 11.8. The van der Waals surface area contributed by atoms with Crippen LogP contribution in [-0.4, -0.2) is 11.8 Å². The van der Waals surface area contributed by atoms with Crippen LogP contribution in [0.2, 0.25) is 0 Å². The lowest BCUT2D eigenvalue weighted by Crippen LogP contribution is -2.21. The van der Waals surface area contributed by atoms with Crippen LogP contribution in [0.5, 0.6) is 0 Å². The number of thiophene rings is 1. The van der Waals surface area contributed by atoms with Gasteiger partial charge in [0.15, 0.2) is 0 Å². The first-order chi connectivity index (χ1) is 8.90. The molecular formula is C14H20N2O2S. The van der Waals surface area contributed by atoms with E-state index in [2.05, 4.69) is 12.2 Å². The third-order valence-corrected chi connectivity index (χ3v) is 4.72. The van der Waals surface area contributed by atoms with Crippen molar-refractivity contribution in [3.05, 3.63) is 16.0 Å². The molecule has 5 heteroatoms. The number of rotatable bonds is 3. The van der Waals surface area contributed by atoms with Gasteiger partial charge in [-0.2, -0.15) is 0 Å². The fourth-order valence-electron chi connectivity index (χ4n) is 2.36. The molecule has 0 unspecified atom stereocenters. The minimum absolute atomic E-state index is 0.0749. The van der Waals surface area contributed by atoms with Gasteiger partial charge in [0.1, 0.15) is 5.00 Å². The van der Waals surface area contributed by atoms with Gasteiger partial charge in [-0.05, 0) is 30.7 Å². The van der Waals surface area contributed by atoms with Crippen molar-refractivity contribution < 1.29 is 9.59 Å². The zero-order chi connectivity index (χ0) is 14.2. The summed E-state index contributed by atoms with van der Waals surface area (Å²) in [6, 6.07) is 0. The second kappa shape index (κ2) is 5.33. The summed E-state index contributed by atoms with van der Waals surface area (Å²) >= 11 is 1.51. The predicted molar refractivity (Wildman–Crippen MR) is 77.5 cm³/mol. The van der Waals surface area contributed by atoms with Crippen LogP contribution in [0.3, 0.4) is 0 Å². The SMILES string of the molecule is CC(C)C(=O)Nc1sc2c(c1C(N)=O)C[C@H](C)CC2. The number of carbonyl (C=O) groups excluding carboxylic acids is 2. The first-order valence-electron chi connectivity index (χ1n) is 6.65. The number of carbonyl (C=O) groups is 2. The summed E-state index contributed by atoms with van der Waals surface area (Å²) in [5.74, 6) is -0.0626. The molecule has 1 aromatic rings. The van der Waals surface area contributed by atoms with Crippen LogP contribution in [0.1, 0.15) is 48.0 Å². The molecule has 0 aromatic carbocycles. The van der Waals surface area contributed by atoms with E-state index in [4.69, 9.17) is 5.73 Å². The Bertz CT molecular complexity index is 520. The standard InChI is InChI=1S/C14H20N2O2S/c1-7(2)13(18)16-14-11(12(15)17)9-6-8(3)4-5-10(9)19-14/h7-8H,4-6H2,1-3H3,(H2,15,17)(H,16,18)/t8-/m1/s1. The Kier molecular flexibility index (Phi) is 3.94. The Labute approximate surface area is 117 Å². The van der Waals surface area contributed by atoms with Crippen molar-refractivity contribution in [2.45, 2.75) is 40.0 Å². The van der Waals surface area contributed by atoms with Crippen LogP contribution in [0.15, 0.2) is 0 Å². The molecule has 2 rings (SSSR count). The summed E-state index contributed by atoms with van der Waals surface area (Å²) in [5.41, 5.74) is 7.08. The molecule has 19 heavy (non-hydrogen) atoms. The number of nitrogens with one attached hydrogen (secondary N) is 1. The zero-order valence-electron chi connectivity index (χ0n) is 11.6. The van der Waals surface area contributed by atoms with Crippen molar-refractivity contribution in [1.82, 2.24) is 0 Å². The van der Waals surface area contributed by atoms with E-state index >= 15 is 0 Å². The maximum Gasteiger partial charge on any atom is 0.251 e. The molecule has 1 aliphatic rings. The minimum Gasteiger partial charge on any atom is -0.365 e. The number of hydrogen-bond donors (Lipinski definition) is 2. The van der Waals surface area contributed by atoms with Crippen molar-refractivity contribution in [1.29, 1.82) is 0 Å². The summed E-state index contributed by atoms with van der Waals surface area (Å²) in [6.45, 7) is 5.83. The van der Waals surface area contributed by atoms with Crippen molar-refractivity contribution >= 4 is 28.2 Å². The smallest absolute Gasteiger partial charge is 0.251 e. The van der Waals surface area contributed by atoms with Gasteiger partial charge in [0.2, 0.25) is 5.91 Å². The van der Waals surface area contributed by atoms with Crippen LogP contribution in [0.4, 0.5) is 5.00 Å². The van der Waals surface area contributed by atoms with Gasteiger partial charge in [0, 0.05) is 10.8 Å². The molecule has 2 amide bonds. The number of nitrogens with two attached hydrogens (primary N) is 1. The van der Waals surface area contributed by atoms with Gasteiger partial charge in [-0.1, -0.05) is 20.8 Å². The van der Waals surface area contributed by atoms with Crippen LogP contribution >= 0.6 is 11.3 Å². The molecule has 1 heterocycles. The molecule has 0 aliphatic heterocycles. The van der Waals surface area contributed by atoms with Gasteiger partial charge in [0.05, 0.1) is 5.56 Å². The van der Waals surface area contributed by atoms with Gasteiger partial charge >= 0.3 is 0 Å². The van der Waals surface area contributed by atoms with E-state index in [1.165, 1.54) is 16.2 Å². The average Bonchev–Trinajstić information content (AvgIpc) is 2.65. The van der Waals surface area contributed by atoms with Crippen molar-refractivity contribution in [3.8, 4) is 0 Å². The number of primary amides is 1. The lowest BCUT2D eigenvalue weighted by Gasteiger charge is -2.18. The highest BCUT2D eigenvalue weighted by atomic mass is 32.1. The minimum atomic E-state index is -0.439. The van der Waals surface area contributed by atoms with Crippen LogP contribution in [-0.2, 0) is 17.6 Å². The third kappa shape index (κ3) is 2.81. The highest BCUT2D eigenvalue weighted by molar-refractivity contribution is 7.17. The Hall–Kier alpha value is -1.36. The Morgan fingerprint density at radius 3 is 2.68 bits per heavy atom. The van der Waals surface area contributed by atoms with Crippen molar-refractivity contribution in [2.75, 3.05) is 5.32 Å². The first-order valence-corrected chi connectivity index (χ1v) is 7.47. The lowest BCUT2D eigenvalue weighted by molar-refractivity contribution is -0.118. The number of anilines is 1. The highest BCUT2D eigenvalue weighted by Crippen LogP contribution is 2.39. The molecule has 1 atom stereocenters. The second-order valence-electron chi connectivity index (χ2n) is 5.56. The average molecular weight is 280 g/mol. The van der Waals surface area contributed by atoms with Crippen LogP contribution in [0.25, 0.3) is 0 Å². The number of amides is 2. The Balaban J connectivity index is 2.39. The van der Waals surface area contributed by atoms with Crippen molar-refractivity contribution in [3.63, 3.8) is 0 Å². The largest absolute Gasteiger partial charge is 0.365 e. The van der Waals surface area contributed by atoms with Crippen LogP contribution < -0.4 is 11.1 Å². The fraction of sp³-hybridized carbons (Fsp3) is 0.571. The second-order valence-corrected chi connectivity index (χ2v) is 6.67. The van der Waals surface area contributed by atoms with E-state index in [1.807, 2.05) is 13.8 Å². The lowest BCUT2D eigenvalue weighted by atomic mass is 9.87. The molecule has 0 radical (unpaired) electrons. The molecular weight excluding hydrogens is 260 g/mol. The topological polar surface area (TPSA) is 72.2 Å². The molecule has 104 valence electrons. The molecule has 0 bridgehead atoms. The summed E-state index contributed by atoms with van der Waals surface area (Å²) in [5, 5.41) is 3.47. The summed E-state index contributed by atoms with van der Waals surface area (Å²) in [7, 11) is 0. The van der Waals surface area contributed by atoms with E-state index in [0.29, 0.717) is 16.5 Å². The van der Waals surface area contributed by atoms with Gasteiger partial charge in [-0.3, -0.25) is 9.59 Å². The summed E-state index contributed by atoms with van der Waals surface area (Å²) in [6.07, 6.45) is 2.98. The fourth-order valence-corrected chi connectivity index (χ4v) is 3.62. The monoisotopic (exact) mass is 280 g/mol. The predicted octanol–water partition coefficient (Wildman–Crippen LogP) is 2.57. The Morgan fingerprint density at radius 2 is 2.11 bits per heavy atom. The van der Waals surface area contributed by atoms with Crippen molar-refractivity contribution in [2.24, 2.45) is 17.6 Å². The van der Waals surface area contributed by atoms with E-state index in [-0.39, 0.29) is 11.8 Å². The molecule has 3 N–H and O–H groups in total. The first kappa shape index (κ1) is 14.1.